The molecule has 1 aromatic heterocycles. The third-order valence-electron chi connectivity index (χ3n) is 2.60. The van der Waals surface area contributed by atoms with Gasteiger partial charge in [-0.3, -0.25) is 0 Å². The topological polar surface area (TPSA) is 25.8 Å². The van der Waals surface area contributed by atoms with Crippen LogP contribution in [0.3, 0.4) is 0 Å². The predicted molar refractivity (Wildman–Crippen MR) is 70.0 cm³/mol. The van der Waals surface area contributed by atoms with Crippen LogP contribution in [-0.4, -0.2) is 15.7 Å². The lowest BCUT2D eigenvalue weighted by Gasteiger charge is -2.10. The Bertz CT molecular complexity index is 362. The maximum Gasteiger partial charge on any atom is 0.143 e. The van der Waals surface area contributed by atoms with Gasteiger partial charge in [-0.05, 0) is 37.0 Å². The van der Waals surface area contributed by atoms with Crippen molar-refractivity contribution in [3.05, 3.63) is 22.7 Å². The van der Waals surface area contributed by atoms with Crippen molar-refractivity contribution in [3.8, 4) is 0 Å². The Morgan fingerprint density at radius 2 is 2.31 bits per heavy atom. The molecule has 0 radical (unpaired) electrons. The fraction of sp³-hybridized carbons (Fsp3) is 0.667. The van der Waals surface area contributed by atoms with E-state index in [9.17, 15) is 0 Å². The maximum absolute atomic E-state index is 6.05. The quantitative estimate of drug-likeness (QED) is 0.768. The monoisotopic (exact) mass is 256 g/mol. The first-order valence-corrected chi connectivity index (χ1v) is 7.23. The summed E-state index contributed by atoms with van der Waals surface area (Å²) in [7, 11) is 0. The van der Waals surface area contributed by atoms with Gasteiger partial charge in [-0.25, -0.2) is 9.97 Å². The highest BCUT2D eigenvalue weighted by Gasteiger charge is 2.21. The molecular weight excluding hydrogens is 240 g/mol. The van der Waals surface area contributed by atoms with Gasteiger partial charge in [0.2, 0.25) is 0 Å². The molecule has 0 aromatic carbocycles. The summed E-state index contributed by atoms with van der Waals surface area (Å²) in [5.41, 5.74) is 1.08. The van der Waals surface area contributed by atoms with Crippen LogP contribution in [0.2, 0.25) is 5.15 Å². The summed E-state index contributed by atoms with van der Waals surface area (Å²) in [6.45, 7) is 4.39. The number of hydrogen-bond acceptors (Lipinski definition) is 3. The summed E-state index contributed by atoms with van der Waals surface area (Å²) in [6, 6.07) is 1.89. The van der Waals surface area contributed by atoms with Crippen molar-refractivity contribution in [1.29, 1.82) is 0 Å². The van der Waals surface area contributed by atoms with Crippen molar-refractivity contribution >= 4 is 23.4 Å². The van der Waals surface area contributed by atoms with Crippen LogP contribution in [0.5, 0.6) is 0 Å². The van der Waals surface area contributed by atoms with E-state index >= 15 is 0 Å². The van der Waals surface area contributed by atoms with Gasteiger partial charge < -0.3 is 0 Å². The molecule has 1 unspecified atom stereocenters. The van der Waals surface area contributed by atoms with E-state index in [1.54, 1.807) is 0 Å². The average Bonchev–Trinajstić information content (AvgIpc) is 2.67. The van der Waals surface area contributed by atoms with Gasteiger partial charge in [-0.2, -0.15) is 11.8 Å². The van der Waals surface area contributed by atoms with E-state index in [-0.39, 0.29) is 0 Å². The number of aromatic nitrogens is 2. The summed E-state index contributed by atoms with van der Waals surface area (Å²) >= 11 is 8.00. The molecule has 1 aromatic rings. The van der Waals surface area contributed by atoms with E-state index in [0.717, 1.165) is 17.9 Å². The summed E-state index contributed by atoms with van der Waals surface area (Å²) < 4.78 is 0. The second-order valence-corrected chi connectivity index (χ2v) is 6.34. The summed E-state index contributed by atoms with van der Waals surface area (Å²) in [5, 5.41) is 1.05. The summed E-state index contributed by atoms with van der Waals surface area (Å²) in [4.78, 5) is 9.00. The largest absolute Gasteiger partial charge is 0.237 e. The summed E-state index contributed by atoms with van der Waals surface area (Å²) in [5.74, 6) is 2.76. The lowest BCUT2D eigenvalue weighted by molar-refractivity contribution is 0.628. The molecule has 1 aliphatic heterocycles. The third-order valence-corrected chi connectivity index (χ3v) is 4.17. The molecule has 0 saturated carbocycles. The smallest absolute Gasteiger partial charge is 0.143 e. The van der Waals surface area contributed by atoms with Crippen LogP contribution in [0, 0.1) is 5.92 Å². The van der Waals surface area contributed by atoms with E-state index in [1.807, 2.05) is 17.8 Å². The molecule has 0 aliphatic carbocycles. The number of hydrogen-bond donors (Lipinski definition) is 0. The zero-order chi connectivity index (χ0) is 11.5. The molecule has 1 atom stereocenters. The van der Waals surface area contributed by atoms with E-state index in [4.69, 9.17) is 11.6 Å². The first-order chi connectivity index (χ1) is 7.65. The molecule has 2 nitrogen and oxygen atoms in total. The first-order valence-electron chi connectivity index (χ1n) is 5.80. The minimum absolute atomic E-state index is 0.463. The molecule has 16 heavy (non-hydrogen) atoms. The number of thioether (sulfide) groups is 1. The van der Waals surface area contributed by atoms with Gasteiger partial charge in [0.05, 0.1) is 5.25 Å². The Morgan fingerprint density at radius 1 is 1.50 bits per heavy atom. The van der Waals surface area contributed by atoms with Crippen LogP contribution in [0.1, 0.15) is 43.5 Å². The van der Waals surface area contributed by atoms with Gasteiger partial charge in [0, 0.05) is 5.69 Å². The first kappa shape index (κ1) is 12.2. The predicted octanol–water partition coefficient (Wildman–Crippen LogP) is 3.90. The molecular formula is C12H17ClN2S. The van der Waals surface area contributed by atoms with Crippen molar-refractivity contribution in [3.63, 3.8) is 0 Å². The third kappa shape index (κ3) is 3.11. The number of nitrogens with zero attached hydrogens (tertiary/aromatic N) is 2. The Hall–Kier alpha value is -0.280. The fourth-order valence-corrected chi connectivity index (χ4v) is 3.35. The second-order valence-electron chi connectivity index (χ2n) is 4.64. The second kappa shape index (κ2) is 5.37. The van der Waals surface area contributed by atoms with Gasteiger partial charge in [-0.15, -0.1) is 0 Å². The van der Waals surface area contributed by atoms with Crippen LogP contribution in [-0.2, 0) is 6.42 Å². The Balaban J connectivity index is 2.20. The minimum Gasteiger partial charge on any atom is -0.237 e. The fourth-order valence-electron chi connectivity index (χ4n) is 1.93. The van der Waals surface area contributed by atoms with Crippen molar-refractivity contribution in [1.82, 2.24) is 9.97 Å². The van der Waals surface area contributed by atoms with Crippen LogP contribution in [0.4, 0.5) is 0 Å². The molecule has 0 amide bonds. The Morgan fingerprint density at radius 3 is 2.94 bits per heavy atom. The van der Waals surface area contributed by atoms with E-state index in [2.05, 4.69) is 23.8 Å². The molecule has 0 bridgehead atoms. The molecule has 1 fully saturated rings. The van der Waals surface area contributed by atoms with Crippen molar-refractivity contribution < 1.29 is 0 Å². The number of rotatable bonds is 3. The van der Waals surface area contributed by atoms with Crippen molar-refractivity contribution in [2.75, 3.05) is 5.75 Å². The highest BCUT2D eigenvalue weighted by Crippen LogP contribution is 2.38. The zero-order valence-corrected chi connectivity index (χ0v) is 11.3. The molecule has 1 saturated heterocycles. The maximum atomic E-state index is 6.05. The van der Waals surface area contributed by atoms with Gasteiger partial charge >= 0.3 is 0 Å². The van der Waals surface area contributed by atoms with E-state index < -0.39 is 0 Å². The summed E-state index contributed by atoms with van der Waals surface area (Å²) in [6.07, 6.45) is 3.43. The average molecular weight is 257 g/mol. The SMILES string of the molecule is CC(C)Cc1cc(Cl)nc(C2CCCS2)n1. The van der Waals surface area contributed by atoms with Crippen molar-refractivity contribution in [2.24, 2.45) is 5.92 Å². The zero-order valence-electron chi connectivity index (χ0n) is 9.74. The Kier molecular flexibility index (Phi) is 4.09. The molecule has 1 aliphatic rings. The van der Waals surface area contributed by atoms with Gasteiger partial charge in [0.25, 0.3) is 0 Å². The molecule has 88 valence electrons. The molecule has 0 N–H and O–H groups in total. The molecule has 2 heterocycles. The van der Waals surface area contributed by atoms with Crippen LogP contribution in [0.25, 0.3) is 0 Å². The van der Waals surface area contributed by atoms with Crippen LogP contribution >= 0.6 is 23.4 Å². The standard InChI is InChI=1S/C12H17ClN2S/c1-8(2)6-9-7-11(13)15-12(14-9)10-4-3-5-16-10/h7-8,10H,3-6H2,1-2H3. The minimum atomic E-state index is 0.463. The van der Waals surface area contributed by atoms with E-state index in [0.29, 0.717) is 16.3 Å². The normalized spacial score (nSPS) is 20.6. The Labute approximate surface area is 106 Å². The number of halogens is 1. The van der Waals surface area contributed by atoms with Crippen molar-refractivity contribution in [2.45, 2.75) is 38.4 Å². The van der Waals surface area contributed by atoms with Crippen LogP contribution < -0.4 is 0 Å². The van der Waals surface area contributed by atoms with Gasteiger partial charge in [0.1, 0.15) is 11.0 Å². The highest BCUT2D eigenvalue weighted by molar-refractivity contribution is 7.99. The highest BCUT2D eigenvalue weighted by atomic mass is 35.5. The lowest BCUT2D eigenvalue weighted by Crippen LogP contribution is -2.04. The molecule has 0 spiro atoms. The molecule has 2 rings (SSSR count). The van der Waals surface area contributed by atoms with Crippen LogP contribution in [0.15, 0.2) is 6.07 Å². The van der Waals surface area contributed by atoms with Gasteiger partial charge in [-0.1, -0.05) is 25.4 Å². The van der Waals surface area contributed by atoms with Gasteiger partial charge in [0.15, 0.2) is 0 Å². The lowest BCUT2D eigenvalue weighted by atomic mass is 10.1. The van der Waals surface area contributed by atoms with E-state index in [1.165, 1.54) is 18.6 Å². The molecule has 4 heteroatoms.